The molecule has 8 heteroatoms. The minimum absolute atomic E-state index is 0.181. The molecule has 2 aromatic heterocycles. The fourth-order valence-corrected chi connectivity index (χ4v) is 3.55. The molecule has 7 nitrogen and oxygen atoms in total. The van der Waals surface area contributed by atoms with E-state index in [1.54, 1.807) is 65.5 Å². The topological polar surface area (TPSA) is 74.5 Å². The SMILES string of the molecule is COc1cc(NC(=O)Cn2ccc3ccn(Cc4ccccc4F)c3c2=O)cc(OC)c1. The highest BCUT2D eigenvalue weighted by Crippen LogP contribution is 2.25. The van der Waals surface area contributed by atoms with E-state index >= 15 is 0 Å². The minimum Gasteiger partial charge on any atom is -0.497 e. The third-order valence-corrected chi connectivity index (χ3v) is 5.14. The van der Waals surface area contributed by atoms with Gasteiger partial charge in [-0.1, -0.05) is 18.2 Å². The molecule has 1 N–H and O–H groups in total. The van der Waals surface area contributed by atoms with Gasteiger partial charge in [0.1, 0.15) is 29.4 Å². The molecule has 0 aliphatic carbocycles. The first kappa shape index (κ1) is 21.2. The Kier molecular flexibility index (Phi) is 5.93. The van der Waals surface area contributed by atoms with Gasteiger partial charge in [0.15, 0.2) is 0 Å². The Balaban J connectivity index is 1.59. The zero-order valence-electron chi connectivity index (χ0n) is 17.7. The number of ether oxygens (including phenoxy) is 2. The zero-order valence-corrected chi connectivity index (χ0v) is 17.7. The molecule has 164 valence electrons. The van der Waals surface area contributed by atoms with Crippen molar-refractivity contribution in [2.75, 3.05) is 19.5 Å². The van der Waals surface area contributed by atoms with Crippen LogP contribution in [-0.4, -0.2) is 29.3 Å². The maximum Gasteiger partial charge on any atom is 0.275 e. The van der Waals surface area contributed by atoms with Gasteiger partial charge in [-0.25, -0.2) is 4.39 Å². The summed E-state index contributed by atoms with van der Waals surface area (Å²) in [5.41, 5.74) is 1.04. The van der Waals surface area contributed by atoms with Crippen molar-refractivity contribution in [2.45, 2.75) is 13.1 Å². The molecule has 1 amide bonds. The van der Waals surface area contributed by atoms with Crippen molar-refractivity contribution in [1.29, 1.82) is 0 Å². The van der Waals surface area contributed by atoms with Gasteiger partial charge in [-0.05, 0) is 18.2 Å². The molecule has 0 aliphatic rings. The molecule has 0 radical (unpaired) electrons. The number of carbonyl (C=O) groups excluding carboxylic acids is 1. The lowest BCUT2D eigenvalue weighted by molar-refractivity contribution is -0.116. The van der Waals surface area contributed by atoms with Crippen LogP contribution in [0.15, 0.2) is 71.8 Å². The highest BCUT2D eigenvalue weighted by atomic mass is 19.1. The first-order valence-electron chi connectivity index (χ1n) is 9.93. The van der Waals surface area contributed by atoms with Crippen molar-refractivity contribution < 1.29 is 18.7 Å². The lowest BCUT2D eigenvalue weighted by Crippen LogP contribution is -2.28. The number of rotatable bonds is 7. The van der Waals surface area contributed by atoms with Crippen molar-refractivity contribution in [3.05, 3.63) is 88.7 Å². The Hall–Kier alpha value is -4.07. The molecule has 2 heterocycles. The Morgan fingerprint density at radius 3 is 2.28 bits per heavy atom. The quantitative estimate of drug-likeness (QED) is 0.481. The van der Waals surface area contributed by atoms with Gasteiger partial charge < -0.3 is 23.9 Å². The van der Waals surface area contributed by atoms with Crippen molar-refractivity contribution in [3.63, 3.8) is 0 Å². The highest BCUT2D eigenvalue weighted by Gasteiger charge is 2.13. The molecule has 0 saturated carbocycles. The third-order valence-electron chi connectivity index (χ3n) is 5.14. The fraction of sp³-hybridized carbons (Fsp3) is 0.167. The summed E-state index contributed by atoms with van der Waals surface area (Å²) < 4.78 is 27.5. The first-order chi connectivity index (χ1) is 15.5. The average molecular weight is 435 g/mol. The number of nitrogens with zero attached hydrogens (tertiary/aromatic N) is 2. The smallest absolute Gasteiger partial charge is 0.275 e. The molecular weight excluding hydrogens is 413 g/mol. The van der Waals surface area contributed by atoms with Gasteiger partial charge in [0.2, 0.25) is 5.91 Å². The molecule has 0 bridgehead atoms. The number of hydrogen-bond acceptors (Lipinski definition) is 4. The van der Waals surface area contributed by atoms with Gasteiger partial charge in [-0.15, -0.1) is 0 Å². The first-order valence-corrected chi connectivity index (χ1v) is 9.93. The lowest BCUT2D eigenvalue weighted by atomic mass is 10.2. The number of amides is 1. The van der Waals surface area contributed by atoms with E-state index in [0.29, 0.717) is 28.3 Å². The van der Waals surface area contributed by atoms with Gasteiger partial charge in [0.25, 0.3) is 5.56 Å². The van der Waals surface area contributed by atoms with E-state index in [9.17, 15) is 14.0 Å². The van der Waals surface area contributed by atoms with Crippen LogP contribution >= 0.6 is 0 Å². The molecule has 0 aliphatic heterocycles. The molecule has 4 rings (SSSR count). The summed E-state index contributed by atoms with van der Waals surface area (Å²) in [6.45, 7) is 0.0321. The van der Waals surface area contributed by atoms with Crippen LogP contribution in [-0.2, 0) is 17.9 Å². The Morgan fingerprint density at radius 2 is 1.62 bits per heavy atom. The predicted molar refractivity (Wildman–Crippen MR) is 120 cm³/mol. The predicted octanol–water partition coefficient (Wildman–Crippen LogP) is 3.65. The summed E-state index contributed by atoms with van der Waals surface area (Å²) in [6, 6.07) is 15.0. The van der Waals surface area contributed by atoms with E-state index in [1.807, 2.05) is 0 Å². The second kappa shape index (κ2) is 8.97. The van der Waals surface area contributed by atoms with E-state index in [-0.39, 0.29) is 30.4 Å². The molecule has 0 spiro atoms. The molecular formula is C24H22FN3O4. The summed E-state index contributed by atoms with van der Waals surface area (Å²) in [7, 11) is 3.04. The monoisotopic (exact) mass is 435 g/mol. The van der Waals surface area contributed by atoms with Crippen molar-refractivity contribution in [3.8, 4) is 11.5 Å². The Bertz CT molecular complexity index is 1320. The van der Waals surface area contributed by atoms with Crippen LogP contribution in [0.4, 0.5) is 10.1 Å². The Morgan fingerprint density at radius 1 is 0.969 bits per heavy atom. The van der Waals surface area contributed by atoms with E-state index in [2.05, 4.69) is 5.32 Å². The van der Waals surface area contributed by atoms with Gasteiger partial charge in [-0.2, -0.15) is 0 Å². The zero-order chi connectivity index (χ0) is 22.7. The van der Waals surface area contributed by atoms with E-state index < -0.39 is 0 Å². The van der Waals surface area contributed by atoms with Crippen LogP contribution in [0.1, 0.15) is 5.56 Å². The van der Waals surface area contributed by atoms with E-state index in [1.165, 1.54) is 24.9 Å². The summed E-state index contributed by atoms with van der Waals surface area (Å²) in [5.74, 6) is 0.348. The number of aromatic nitrogens is 2. The van der Waals surface area contributed by atoms with Crippen LogP contribution < -0.4 is 20.3 Å². The number of halogens is 1. The summed E-state index contributed by atoms with van der Waals surface area (Å²) in [4.78, 5) is 25.7. The van der Waals surface area contributed by atoms with Crippen LogP contribution in [0.5, 0.6) is 11.5 Å². The standard InChI is InChI=1S/C24H22FN3O4/c1-31-19-11-18(12-20(13-19)32-2)26-22(29)15-28-10-8-16-7-9-27(23(16)24(28)30)14-17-5-3-4-6-21(17)25/h3-13H,14-15H2,1-2H3,(H,26,29). The maximum absolute atomic E-state index is 14.1. The van der Waals surface area contributed by atoms with Gasteiger partial charge in [-0.3, -0.25) is 9.59 Å². The lowest BCUT2D eigenvalue weighted by Gasteiger charge is -2.11. The number of methoxy groups -OCH3 is 2. The normalized spacial score (nSPS) is 10.8. The number of anilines is 1. The van der Waals surface area contributed by atoms with Crippen molar-refractivity contribution in [2.24, 2.45) is 0 Å². The molecule has 0 unspecified atom stereocenters. The largest absolute Gasteiger partial charge is 0.497 e. The van der Waals surface area contributed by atoms with Crippen LogP contribution in [0.3, 0.4) is 0 Å². The minimum atomic E-state index is -0.381. The maximum atomic E-state index is 14.1. The number of pyridine rings is 1. The molecule has 4 aromatic rings. The number of carbonyl (C=O) groups is 1. The second-order valence-electron chi connectivity index (χ2n) is 7.24. The molecule has 0 fully saturated rings. The summed E-state index contributed by atoms with van der Waals surface area (Å²) in [6.07, 6.45) is 3.31. The van der Waals surface area contributed by atoms with Crippen LogP contribution in [0.2, 0.25) is 0 Å². The van der Waals surface area contributed by atoms with Gasteiger partial charge in [0, 0.05) is 47.2 Å². The molecule has 32 heavy (non-hydrogen) atoms. The number of benzene rings is 2. The highest BCUT2D eigenvalue weighted by molar-refractivity contribution is 5.91. The fourth-order valence-electron chi connectivity index (χ4n) is 3.55. The number of nitrogens with one attached hydrogen (secondary N) is 1. The van der Waals surface area contributed by atoms with Crippen molar-refractivity contribution in [1.82, 2.24) is 9.13 Å². The van der Waals surface area contributed by atoms with Crippen LogP contribution in [0.25, 0.3) is 10.9 Å². The summed E-state index contributed by atoms with van der Waals surface area (Å²) >= 11 is 0. The second-order valence-corrected chi connectivity index (χ2v) is 7.24. The summed E-state index contributed by atoms with van der Waals surface area (Å²) in [5, 5.41) is 3.48. The average Bonchev–Trinajstić information content (AvgIpc) is 3.20. The Labute approximate surface area is 183 Å². The van der Waals surface area contributed by atoms with Gasteiger partial charge >= 0.3 is 0 Å². The van der Waals surface area contributed by atoms with Gasteiger partial charge in [0.05, 0.1) is 20.8 Å². The van der Waals surface area contributed by atoms with E-state index in [0.717, 1.165) is 5.39 Å². The third kappa shape index (κ3) is 4.34. The van der Waals surface area contributed by atoms with E-state index in [4.69, 9.17) is 9.47 Å². The molecule has 0 saturated heterocycles. The van der Waals surface area contributed by atoms with Crippen LogP contribution in [0, 0.1) is 5.82 Å². The number of fused-ring (bicyclic) bond motifs is 1. The molecule has 2 aromatic carbocycles. The number of hydrogen-bond donors (Lipinski definition) is 1. The van der Waals surface area contributed by atoms with Crippen molar-refractivity contribution >= 4 is 22.5 Å². The molecule has 0 atom stereocenters.